The van der Waals surface area contributed by atoms with Gasteiger partial charge >= 0.3 is 5.63 Å². The Morgan fingerprint density at radius 3 is 2.85 bits per heavy atom. The Kier molecular flexibility index (Phi) is 3.50. The molecule has 0 saturated heterocycles. The summed E-state index contributed by atoms with van der Waals surface area (Å²) in [4.78, 5) is 17.9. The van der Waals surface area contributed by atoms with E-state index in [1.807, 2.05) is 28.0 Å². The number of phenols is 1. The largest absolute Gasteiger partial charge is 0.508 e. The molecule has 0 aliphatic rings. The normalized spacial score (nSPS) is 11.8. The first-order chi connectivity index (χ1) is 12.5. The molecule has 26 heavy (non-hydrogen) atoms. The molecule has 0 atom stereocenters. The van der Waals surface area contributed by atoms with Gasteiger partial charge in [0.2, 0.25) is 0 Å². The number of benzene rings is 2. The highest BCUT2D eigenvalue weighted by molar-refractivity contribution is 9.11. The molecule has 3 heterocycles. The fraction of sp³-hybridized carbons (Fsp3) is 0. The number of thiazole rings is 1. The molecule has 3 aromatic heterocycles. The van der Waals surface area contributed by atoms with E-state index in [0.29, 0.717) is 26.8 Å². The minimum absolute atomic E-state index is 0.157. The van der Waals surface area contributed by atoms with E-state index in [2.05, 4.69) is 36.8 Å². The molecule has 0 amide bonds. The van der Waals surface area contributed by atoms with E-state index in [1.54, 1.807) is 18.2 Å². The number of fused-ring (bicyclic) bond motifs is 4. The molecular formula is C18H8Br2N2O3S. The molecule has 0 unspecified atom stereocenters. The van der Waals surface area contributed by atoms with Crippen molar-refractivity contribution in [2.24, 2.45) is 0 Å². The third kappa shape index (κ3) is 2.33. The second-order valence-corrected chi connectivity index (χ2v) is 8.38. The van der Waals surface area contributed by atoms with Crippen LogP contribution in [0.25, 0.3) is 38.2 Å². The fourth-order valence-corrected chi connectivity index (χ4v) is 5.28. The van der Waals surface area contributed by atoms with Gasteiger partial charge in [-0.15, -0.1) is 11.3 Å². The van der Waals surface area contributed by atoms with Crippen LogP contribution in [0, 0.1) is 0 Å². The summed E-state index contributed by atoms with van der Waals surface area (Å²) < 4.78 is 9.07. The molecule has 0 saturated carbocycles. The third-order valence-electron chi connectivity index (χ3n) is 4.15. The fourth-order valence-electron chi connectivity index (χ4n) is 3.04. The van der Waals surface area contributed by atoms with Gasteiger partial charge in [0, 0.05) is 21.3 Å². The summed E-state index contributed by atoms with van der Waals surface area (Å²) in [6.07, 6.45) is 0. The minimum Gasteiger partial charge on any atom is -0.508 e. The van der Waals surface area contributed by atoms with Gasteiger partial charge in [-0.1, -0.05) is 15.9 Å². The van der Waals surface area contributed by atoms with E-state index in [9.17, 15) is 9.90 Å². The van der Waals surface area contributed by atoms with Crippen LogP contribution in [0.15, 0.2) is 59.9 Å². The zero-order chi connectivity index (χ0) is 18.0. The highest BCUT2D eigenvalue weighted by Crippen LogP contribution is 2.33. The molecule has 5 aromatic rings. The monoisotopic (exact) mass is 490 g/mol. The molecule has 128 valence electrons. The van der Waals surface area contributed by atoms with Gasteiger partial charge in [-0.25, -0.2) is 9.78 Å². The van der Waals surface area contributed by atoms with Crippen LogP contribution in [0.5, 0.6) is 5.75 Å². The van der Waals surface area contributed by atoms with Crippen LogP contribution < -0.4 is 5.63 Å². The molecule has 0 spiro atoms. The van der Waals surface area contributed by atoms with E-state index in [0.717, 1.165) is 20.3 Å². The van der Waals surface area contributed by atoms with Gasteiger partial charge in [0.15, 0.2) is 10.5 Å². The van der Waals surface area contributed by atoms with Crippen molar-refractivity contribution in [3.05, 3.63) is 61.1 Å². The molecule has 0 bridgehead atoms. The lowest BCUT2D eigenvalue weighted by Crippen LogP contribution is -2.04. The van der Waals surface area contributed by atoms with Crippen LogP contribution >= 0.6 is 43.2 Å². The van der Waals surface area contributed by atoms with Crippen molar-refractivity contribution < 1.29 is 9.52 Å². The van der Waals surface area contributed by atoms with Gasteiger partial charge in [0.1, 0.15) is 5.75 Å². The first-order valence-corrected chi connectivity index (χ1v) is 10.00. The van der Waals surface area contributed by atoms with Gasteiger partial charge < -0.3 is 9.52 Å². The van der Waals surface area contributed by atoms with E-state index in [1.165, 1.54) is 11.3 Å². The summed E-state index contributed by atoms with van der Waals surface area (Å²) in [6, 6.07) is 10.6. The smallest absolute Gasteiger partial charge is 0.345 e. The number of hydrogen-bond donors (Lipinski definition) is 1. The minimum atomic E-state index is -0.416. The molecule has 0 aliphatic carbocycles. The van der Waals surface area contributed by atoms with Crippen molar-refractivity contribution in [3.63, 3.8) is 0 Å². The molecular weight excluding hydrogens is 484 g/mol. The second kappa shape index (κ2) is 5.67. The van der Waals surface area contributed by atoms with Crippen LogP contribution in [0.1, 0.15) is 0 Å². The van der Waals surface area contributed by atoms with Gasteiger partial charge in [-0.3, -0.25) is 4.40 Å². The quantitative estimate of drug-likeness (QED) is 0.312. The Labute approximate surface area is 166 Å². The predicted octanol–water partition coefficient (Wildman–Crippen LogP) is 5.55. The van der Waals surface area contributed by atoms with Crippen molar-refractivity contribution in [1.82, 2.24) is 9.38 Å². The molecule has 5 rings (SSSR count). The van der Waals surface area contributed by atoms with Gasteiger partial charge in [-0.05, 0) is 46.3 Å². The molecule has 2 aromatic carbocycles. The molecule has 0 aliphatic heterocycles. The zero-order valence-corrected chi connectivity index (χ0v) is 16.9. The lowest BCUT2D eigenvalue weighted by Gasteiger charge is -2.05. The predicted molar refractivity (Wildman–Crippen MR) is 109 cm³/mol. The van der Waals surface area contributed by atoms with Crippen LogP contribution in [0.2, 0.25) is 0 Å². The summed E-state index contributed by atoms with van der Waals surface area (Å²) in [5, 5.41) is 12.4. The van der Waals surface area contributed by atoms with E-state index < -0.39 is 5.63 Å². The lowest BCUT2D eigenvalue weighted by molar-refractivity contribution is 0.476. The first kappa shape index (κ1) is 16.0. The number of phenolic OH excluding ortho intramolecular Hbond substituents is 1. The highest BCUT2D eigenvalue weighted by atomic mass is 79.9. The molecule has 8 heteroatoms. The summed E-state index contributed by atoms with van der Waals surface area (Å²) in [7, 11) is 0. The highest BCUT2D eigenvalue weighted by Gasteiger charge is 2.17. The van der Waals surface area contributed by atoms with Crippen LogP contribution in [0.3, 0.4) is 0 Å². The second-order valence-electron chi connectivity index (χ2n) is 5.78. The summed E-state index contributed by atoms with van der Waals surface area (Å²) in [5.41, 5.74) is 2.76. The van der Waals surface area contributed by atoms with Gasteiger partial charge in [0.25, 0.3) is 0 Å². The molecule has 5 nitrogen and oxygen atoms in total. The maximum absolute atomic E-state index is 12.7. The number of halogens is 2. The van der Waals surface area contributed by atoms with Crippen LogP contribution in [-0.4, -0.2) is 14.5 Å². The Balaban J connectivity index is 1.86. The van der Waals surface area contributed by atoms with Crippen molar-refractivity contribution in [2.75, 3.05) is 0 Å². The van der Waals surface area contributed by atoms with Crippen molar-refractivity contribution >= 4 is 70.2 Å². The number of rotatable bonds is 1. The summed E-state index contributed by atoms with van der Waals surface area (Å²) >= 11 is 8.32. The molecule has 0 fully saturated rings. The van der Waals surface area contributed by atoms with Crippen molar-refractivity contribution in [3.8, 4) is 17.0 Å². The van der Waals surface area contributed by atoms with Gasteiger partial charge in [0.05, 0.1) is 26.8 Å². The number of imidazole rings is 1. The van der Waals surface area contributed by atoms with E-state index in [-0.39, 0.29) is 5.75 Å². The third-order valence-corrected chi connectivity index (χ3v) is 6.02. The van der Waals surface area contributed by atoms with E-state index in [4.69, 9.17) is 4.42 Å². The van der Waals surface area contributed by atoms with Gasteiger partial charge in [-0.2, -0.15) is 0 Å². The number of hydrogen-bond acceptors (Lipinski definition) is 5. The maximum atomic E-state index is 12.7. The molecule has 0 radical (unpaired) electrons. The summed E-state index contributed by atoms with van der Waals surface area (Å²) in [5.74, 6) is 0.157. The SMILES string of the molecule is O=c1oc2c(Br)cc(Br)cc2cc1-c1csc2nc3cc(O)ccc3n12. The zero-order valence-electron chi connectivity index (χ0n) is 12.9. The topological polar surface area (TPSA) is 67.7 Å². The average Bonchev–Trinajstić information content (AvgIpc) is 3.13. The van der Waals surface area contributed by atoms with Crippen molar-refractivity contribution in [1.29, 1.82) is 0 Å². The van der Waals surface area contributed by atoms with E-state index >= 15 is 0 Å². The number of aromatic nitrogens is 2. The maximum Gasteiger partial charge on any atom is 0.345 e. The average molecular weight is 492 g/mol. The Morgan fingerprint density at radius 2 is 2.00 bits per heavy atom. The molecule has 1 N–H and O–H groups in total. The number of nitrogens with zero attached hydrogens (tertiary/aromatic N) is 2. The lowest BCUT2D eigenvalue weighted by atomic mass is 10.1. The number of aromatic hydroxyl groups is 1. The van der Waals surface area contributed by atoms with Crippen LogP contribution in [-0.2, 0) is 0 Å². The Morgan fingerprint density at radius 1 is 1.15 bits per heavy atom. The van der Waals surface area contributed by atoms with Crippen LogP contribution in [0.4, 0.5) is 0 Å². The Hall–Kier alpha value is -2.16. The summed E-state index contributed by atoms with van der Waals surface area (Å²) in [6.45, 7) is 0. The van der Waals surface area contributed by atoms with Crippen molar-refractivity contribution in [2.45, 2.75) is 0 Å². The Bertz CT molecular complexity index is 1400. The standard InChI is InChI=1S/C18H8Br2N2O3S/c19-9-3-8-4-11(17(24)25-16(8)12(20)5-9)15-7-26-18-21-13-6-10(23)1-2-14(13)22(15)18/h1-7,23H. The first-order valence-electron chi connectivity index (χ1n) is 7.53.